The number of halogens is 1. The van der Waals surface area contributed by atoms with Gasteiger partial charge in [-0.05, 0) is 43.9 Å². The molecular weight excluding hydrogens is 224 g/mol. The smallest absolute Gasteiger partial charge is 0.138 e. The first-order valence-electron chi connectivity index (χ1n) is 5.77. The molecule has 2 unspecified atom stereocenters. The molecule has 0 bridgehead atoms. The van der Waals surface area contributed by atoms with Crippen molar-refractivity contribution in [3.63, 3.8) is 0 Å². The summed E-state index contributed by atoms with van der Waals surface area (Å²) in [6.07, 6.45) is 3.48. The molecule has 0 aromatic heterocycles. The number of rotatable bonds is 2. The van der Waals surface area contributed by atoms with Crippen molar-refractivity contribution in [3.8, 4) is 5.75 Å². The normalized spacial score (nSPS) is 25.4. The van der Waals surface area contributed by atoms with Crippen molar-refractivity contribution < 1.29 is 9.84 Å². The second-order valence-electron chi connectivity index (χ2n) is 4.44. The van der Waals surface area contributed by atoms with Crippen LogP contribution >= 0.6 is 11.6 Å². The van der Waals surface area contributed by atoms with Gasteiger partial charge in [0.2, 0.25) is 0 Å². The van der Waals surface area contributed by atoms with Crippen LogP contribution in [0.25, 0.3) is 0 Å². The third-order valence-electron chi connectivity index (χ3n) is 3.03. The van der Waals surface area contributed by atoms with Crippen molar-refractivity contribution in [2.45, 2.75) is 44.8 Å². The summed E-state index contributed by atoms with van der Waals surface area (Å²) in [5, 5.41) is 10.4. The van der Waals surface area contributed by atoms with Gasteiger partial charge in [0.25, 0.3) is 0 Å². The summed E-state index contributed by atoms with van der Waals surface area (Å²) >= 11 is 6.06. The number of benzene rings is 1. The van der Waals surface area contributed by atoms with E-state index >= 15 is 0 Å². The van der Waals surface area contributed by atoms with E-state index in [2.05, 4.69) is 0 Å². The van der Waals surface area contributed by atoms with E-state index in [0.717, 1.165) is 31.2 Å². The minimum atomic E-state index is -0.356. The van der Waals surface area contributed by atoms with E-state index in [9.17, 15) is 5.11 Å². The maximum absolute atomic E-state index is 9.82. The third-order valence-corrected chi connectivity index (χ3v) is 3.34. The van der Waals surface area contributed by atoms with Crippen LogP contribution in [0.4, 0.5) is 0 Å². The predicted octanol–water partition coefficient (Wildman–Crippen LogP) is 3.33. The Balaban J connectivity index is 2.10. The summed E-state index contributed by atoms with van der Waals surface area (Å²) < 4.78 is 5.80. The standard InChI is InChI=1S/C13H17ClO2/c1-9-6-7-10(14)13(8-9)16-12-5-3-2-4-11(12)15/h6-8,11-12,15H,2-5H2,1H3. The molecule has 2 rings (SSSR count). The van der Waals surface area contributed by atoms with Gasteiger partial charge in [-0.3, -0.25) is 0 Å². The molecule has 0 aliphatic heterocycles. The molecule has 2 atom stereocenters. The summed E-state index contributed by atoms with van der Waals surface area (Å²) in [6, 6.07) is 5.71. The molecule has 0 amide bonds. The first kappa shape index (κ1) is 11.7. The quantitative estimate of drug-likeness (QED) is 0.859. The van der Waals surface area contributed by atoms with Gasteiger partial charge in [-0.2, -0.15) is 0 Å². The van der Waals surface area contributed by atoms with Gasteiger partial charge < -0.3 is 9.84 Å². The molecule has 1 aliphatic carbocycles. The average molecular weight is 241 g/mol. The first-order chi connectivity index (χ1) is 7.66. The molecule has 1 N–H and O–H groups in total. The van der Waals surface area contributed by atoms with Gasteiger partial charge in [0.05, 0.1) is 11.1 Å². The number of ether oxygens (including phenoxy) is 1. The summed E-state index contributed by atoms with van der Waals surface area (Å²) in [5.74, 6) is 0.688. The molecule has 1 aliphatic rings. The Bertz CT molecular complexity index is 365. The molecule has 2 nitrogen and oxygen atoms in total. The zero-order chi connectivity index (χ0) is 11.5. The minimum absolute atomic E-state index is 0.104. The fraction of sp³-hybridized carbons (Fsp3) is 0.538. The lowest BCUT2D eigenvalue weighted by Gasteiger charge is -2.28. The van der Waals surface area contributed by atoms with Gasteiger partial charge in [0.15, 0.2) is 0 Å². The Morgan fingerprint density at radius 3 is 2.81 bits per heavy atom. The molecule has 0 spiro atoms. The van der Waals surface area contributed by atoms with Crippen molar-refractivity contribution >= 4 is 11.6 Å². The van der Waals surface area contributed by atoms with Crippen molar-refractivity contribution in [3.05, 3.63) is 28.8 Å². The van der Waals surface area contributed by atoms with E-state index in [1.807, 2.05) is 25.1 Å². The molecule has 1 saturated carbocycles. The fourth-order valence-corrected chi connectivity index (χ4v) is 2.24. The highest BCUT2D eigenvalue weighted by Gasteiger charge is 2.25. The third kappa shape index (κ3) is 2.69. The maximum Gasteiger partial charge on any atom is 0.138 e. The van der Waals surface area contributed by atoms with E-state index in [1.54, 1.807) is 0 Å². The number of aryl methyl sites for hydroxylation is 1. The monoisotopic (exact) mass is 240 g/mol. The highest BCUT2D eigenvalue weighted by Crippen LogP contribution is 2.30. The van der Waals surface area contributed by atoms with Crippen LogP contribution in [0, 0.1) is 6.92 Å². The zero-order valence-corrected chi connectivity index (χ0v) is 10.2. The molecule has 1 aromatic rings. The van der Waals surface area contributed by atoms with E-state index in [4.69, 9.17) is 16.3 Å². The van der Waals surface area contributed by atoms with E-state index in [1.165, 1.54) is 0 Å². The number of hydrogen-bond acceptors (Lipinski definition) is 2. The lowest BCUT2D eigenvalue weighted by atomic mass is 9.95. The van der Waals surface area contributed by atoms with Crippen LogP contribution in [-0.2, 0) is 0 Å². The van der Waals surface area contributed by atoms with E-state index in [-0.39, 0.29) is 12.2 Å². The van der Waals surface area contributed by atoms with Crippen LogP contribution in [0.1, 0.15) is 31.2 Å². The topological polar surface area (TPSA) is 29.5 Å². The van der Waals surface area contributed by atoms with Crippen molar-refractivity contribution in [2.24, 2.45) is 0 Å². The number of hydrogen-bond donors (Lipinski definition) is 1. The Kier molecular flexibility index (Phi) is 3.72. The average Bonchev–Trinajstić information content (AvgIpc) is 2.27. The second-order valence-corrected chi connectivity index (χ2v) is 4.85. The molecule has 0 radical (unpaired) electrons. The van der Waals surface area contributed by atoms with E-state index in [0.29, 0.717) is 10.8 Å². The van der Waals surface area contributed by atoms with Crippen LogP contribution in [-0.4, -0.2) is 17.3 Å². The van der Waals surface area contributed by atoms with Crippen LogP contribution in [0.5, 0.6) is 5.75 Å². The van der Waals surface area contributed by atoms with Crippen LogP contribution < -0.4 is 4.74 Å². The van der Waals surface area contributed by atoms with Gasteiger partial charge in [0, 0.05) is 0 Å². The largest absolute Gasteiger partial charge is 0.486 e. The van der Waals surface area contributed by atoms with Gasteiger partial charge >= 0.3 is 0 Å². The molecule has 0 heterocycles. The lowest BCUT2D eigenvalue weighted by molar-refractivity contribution is 0.00690. The van der Waals surface area contributed by atoms with Crippen molar-refractivity contribution in [1.29, 1.82) is 0 Å². The van der Waals surface area contributed by atoms with Gasteiger partial charge in [-0.25, -0.2) is 0 Å². The molecule has 0 saturated heterocycles. The highest BCUT2D eigenvalue weighted by atomic mass is 35.5. The van der Waals surface area contributed by atoms with E-state index < -0.39 is 0 Å². The van der Waals surface area contributed by atoms with Gasteiger partial charge in [0.1, 0.15) is 11.9 Å². The SMILES string of the molecule is Cc1ccc(Cl)c(OC2CCCCC2O)c1. The molecule has 88 valence electrons. The zero-order valence-electron chi connectivity index (χ0n) is 9.45. The molecular formula is C13H17ClO2. The number of aliphatic hydroxyl groups excluding tert-OH is 1. The van der Waals surface area contributed by atoms with Crippen LogP contribution in [0.15, 0.2) is 18.2 Å². The summed E-state index contributed by atoms with van der Waals surface area (Å²) in [6.45, 7) is 2.00. The summed E-state index contributed by atoms with van der Waals surface area (Å²) in [4.78, 5) is 0. The summed E-state index contributed by atoms with van der Waals surface area (Å²) in [5.41, 5.74) is 1.12. The Morgan fingerprint density at radius 1 is 1.31 bits per heavy atom. The van der Waals surface area contributed by atoms with Crippen LogP contribution in [0.3, 0.4) is 0 Å². The molecule has 16 heavy (non-hydrogen) atoms. The van der Waals surface area contributed by atoms with Crippen molar-refractivity contribution in [2.75, 3.05) is 0 Å². The van der Waals surface area contributed by atoms with Crippen LogP contribution in [0.2, 0.25) is 5.02 Å². The predicted molar refractivity (Wildman–Crippen MR) is 65.1 cm³/mol. The lowest BCUT2D eigenvalue weighted by Crippen LogP contribution is -2.34. The van der Waals surface area contributed by atoms with Gasteiger partial charge in [-0.15, -0.1) is 0 Å². The summed E-state index contributed by atoms with van der Waals surface area (Å²) in [7, 11) is 0. The molecule has 3 heteroatoms. The second kappa shape index (κ2) is 5.07. The first-order valence-corrected chi connectivity index (χ1v) is 6.15. The number of aliphatic hydroxyl groups is 1. The molecule has 1 fully saturated rings. The Morgan fingerprint density at radius 2 is 2.06 bits per heavy atom. The van der Waals surface area contributed by atoms with Gasteiger partial charge in [-0.1, -0.05) is 24.1 Å². The fourth-order valence-electron chi connectivity index (χ4n) is 2.08. The molecule has 1 aromatic carbocycles. The Labute approximate surface area is 101 Å². The minimum Gasteiger partial charge on any atom is -0.486 e. The maximum atomic E-state index is 9.82. The highest BCUT2D eigenvalue weighted by molar-refractivity contribution is 6.32. The Hall–Kier alpha value is -0.730. The van der Waals surface area contributed by atoms with Crippen molar-refractivity contribution in [1.82, 2.24) is 0 Å².